The summed E-state index contributed by atoms with van der Waals surface area (Å²) in [6.07, 6.45) is 2.67. The number of carbonyl (C=O) groups excluding carboxylic acids is 1. The molecule has 0 heterocycles. The van der Waals surface area contributed by atoms with E-state index in [2.05, 4.69) is 0 Å². The third-order valence-corrected chi connectivity index (χ3v) is 3.62. The second-order valence-corrected chi connectivity index (χ2v) is 4.61. The Morgan fingerprint density at radius 1 is 1.47 bits per heavy atom. The fourth-order valence-electron chi connectivity index (χ4n) is 2.56. The molecule has 1 unspecified atom stereocenters. The van der Waals surface area contributed by atoms with Crippen molar-refractivity contribution in [3.63, 3.8) is 0 Å². The summed E-state index contributed by atoms with van der Waals surface area (Å²) in [4.78, 5) is 11.3. The minimum Gasteiger partial charge on any atom is -0.302 e. The molecule has 80 valence electrons. The highest BCUT2D eigenvalue weighted by Crippen LogP contribution is 2.42. The normalized spacial score (nSPS) is 24.3. The van der Waals surface area contributed by atoms with Crippen molar-refractivity contribution in [3.8, 4) is 0 Å². The van der Waals surface area contributed by atoms with Gasteiger partial charge in [0.25, 0.3) is 0 Å². The van der Waals surface area contributed by atoms with Crippen LogP contribution in [0.1, 0.15) is 31.4 Å². The molecule has 1 atom stereocenters. The molecule has 2 heteroatoms. The molecule has 15 heavy (non-hydrogen) atoms. The van der Waals surface area contributed by atoms with Crippen LogP contribution in [0, 0.1) is 11.7 Å². The summed E-state index contributed by atoms with van der Waals surface area (Å²) in [5, 5.41) is 0. The molecule has 0 N–H and O–H groups in total. The number of hydrogen-bond donors (Lipinski definition) is 0. The van der Waals surface area contributed by atoms with Crippen LogP contribution in [0.25, 0.3) is 0 Å². The monoisotopic (exact) mass is 206 g/mol. The molecule has 0 saturated carbocycles. The maximum absolute atomic E-state index is 13.0. The third kappa shape index (κ3) is 1.39. The zero-order chi connectivity index (χ0) is 11.1. The Morgan fingerprint density at radius 3 is 2.80 bits per heavy atom. The number of rotatable bonds is 2. The SMILES string of the molecule is CC(C)C1(C=O)CCc2cc(F)ccc21. The van der Waals surface area contributed by atoms with Crippen molar-refractivity contribution < 1.29 is 9.18 Å². The average molecular weight is 206 g/mol. The fraction of sp³-hybridized carbons (Fsp3) is 0.462. The number of benzene rings is 1. The number of aryl methyl sites for hydroxylation is 1. The molecule has 0 radical (unpaired) electrons. The Balaban J connectivity index is 2.56. The smallest absolute Gasteiger partial charge is 0.130 e. The average Bonchev–Trinajstić information content (AvgIpc) is 2.56. The lowest BCUT2D eigenvalue weighted by Crippen LogP contribution is -2.31. The second kappa shape index (κ2) is 3.44. The second-order valence-electron chi connectivity index (χ2n) is 4.61. The summed E-state index contributed by atoms with van der Waals surface area (Å²) in [7, 11) is 0. The van der Waals surface area contributed by atoms with E-state index in [1.165, 1.54) is 6.07 Å². The third-order valence-electron chi connectivity index (χ3n) is 3.62. The fourth-order valence-corrected chi connectivity index (χ4v) is 2.56. The van der Waals surface area contributed by atoms with Gasteiger partial charge in [-0.05, 0) is 42.0 Å². The Kier molecular flexibility index (Phi) is 2.37. The first-order chi connectivity index (χ1) is 7.10. The van der Waals surface area contributed by atoms with Crippen LogP contribution in [0.15, 0.2) is 18.2 Å². The van der Waals surface area contributed by atoms with E-state index in [0.29, 0.717) is 0 Å². The van der Waals surface area contributed by atoms with E-state index in [0.717, 1.165) is 30.3 Å². The van der Waals surface area contributed by atoms with Gasteiger partial charge < -0.3 is 4.79 Å². The van der Waals surface area contributed by atoms with Gasteiger partial charge in [-0.2, -0.15) is 0 Å². The summed E-state index contributed by atoms with van der Waals surface area (Å²) < 4.78 is 13.0. The molecular weight excluding hydrogens is 191 g/mol. The molecule has 1 aromatic carbocycles. The van der Waals surface area contributed by atoms with Gasteiger partial charge in [-0.25, -0.2) is 4.39 Å². The van der Waals surface area contributed by atoms with Crippen molar-refractivity contribution in [3.05, 3.63) is 35.1 Å². The lowest BCUT2D eigenvalue weighted by Gasteiger charge is -2.28. The Hall–Kier alpha value is -1.18. The van der Waals surface area contributed by atoms with E-state index < -0.39 is 0 Å². The highest BCUT2D eigenvalue weighted by molar-refractivity contribution is 5.72. The summed E-state index contributed by atoms with van der Waals surface area (Å²) in [5.41, 5.74) is 1.63. The van der Waals surface area contributed by atoms with Gasteiger partial charge in [0.2, 0.25) is 0 Å². The predicted molar refractivity (Wildman–Crippen MR) is 57.3 cm³/mol. The van der Waals surface area contributed by atoms with E-state index >= 15 is 0 Å². The Morgan fingerprint density at radius 2 is 2.20 bits per heavy atom. The van der Waals surface area contributed by atoms with Crippen molar-refractivity contribution in [2.45, 2.75) is 32.1 Å². The van der Waals surface area contributed by atoms with E-state index in [9.17, 15) is 9.18 Å². The molecule has 0 aromatic heterocycles. The van der Waals surface area contributed by atoms with Crippen LogP contribution < -0.4 is 0 Å². The van der Waals surface area contributed by atoms with Crippen LogP contribution in [0.3, 0.4) is 0 Å². The molecular formula is C13H15FO. The van der Waals surface area contributed by atoms with Gasteiger partial charge in [0.1, 0.15) is 12.1 Å². The molecule has 0 bridgehead atoms. The molecule has 1 nitrogen and oxygen atoms in total. The van der Waals surface area contributed by atoms with Crippen molar-refractivity contribution >= 4 is 6.29 Å². The molecule has 0 fully saturated rings. The number of carbonyl (C=O) groups is 1. The minimum absolute atomic E-state index is 0.209. The van der Waals surface area contributed by atoms with Crippen molar-refractivity contribution in [2.75, 3.05) is 0 Å². The molecule has 0 spiro atoms. The van der Waals surface area contributed by atoms with E-state index in [1.54, 1.807) is 12.1 Å². The lowest BCUT2D eigenvalue weighted by molar-refractivity contribution is -0.114. The van der Waals surface area contributed by atoms with Crippen molar-refractivity contribution in [2.24, 2.45) is 5.92 Å². The first kappa shape index (κ1) is 10.3. The molecule has 1 aliphatic rings. The van der Waals surface area contributed by atoms with Gasteiger partial charge in [-0.3, -0.25) is 0 Å². The Labute approximate surface area is 89.3 Å². The van der Waals surface area contributed by atoms with Gasteiger partial charge in [-0.15, -0.1) is 0 Å². The number of fused-ring (bicyclic) bond motifs is 1. The number of halogens is 1. The predicted octanol–water partition coefficient (Wildman–Crippen LogP) is 2.86. The zero-order valence-corrected chi connectivity index (χ0v) is 9.09. The van der Waals surface area contributed by atoms with Gasteiger partial charge in [0, 0.05) is 0 Å². The largest absolute Gasteiger partial charge is 0.302 e. The van der Waals surface area contributed by atoms with Gasteiger partial charge >= 0.3 is 0 Å². The first-order valence-electron chi connectivity index (χ1n) is 5.35. The lowest BCUT2D eigenvalue weighted by atomic mass is 9.74. The van der Waals surface area contributed by atoms with Crippen LogP contribution in [0.5, 0.6) is 0 Å². The maximum atomic E-state index is 13.0. The molecule has 0 amide bonds. The first-order valence-corrected chi connectivity index (χ1v) is 5.35. The number of aldehydes is 1. The van der Waals surface area contributed by atoms with Gasteiger partial charge in [0.15, 0.2) is 0 Å². The van der Waals surface area contributed by atoms with Gasteiger partial charge in [-0.1, -0.05) is 19.9 Å². The van der Waals surface area contributed by atoms with Gasteiger partial charge in [0.05, 0.1) is 5.41 Å². The van der Waals surface area contributed by atoms with Crippen LogP contribution in [0.2, 0.25) is 0 Å². The summed E-state index contributed by atoms with van der Waals surface area (Å²) in [6, 6.07) is 4.78. The maximum Gasteiger partial charge on any atom is 0.130 e. The van der Waals surface area contributed by atoms with Crippen molar-refractivity contribution in [1.82, 2.24) is 0 Å². The van der Waals surface area contributed by atoms with E-state index in [-0.39, 0.29) is 17.2 Å². The van der Waals surface area contributed by atoms with Crippen LogP contribution in [-0.4, -0.2) is 6.29 Å². The molecule has 0 aliphatic heterocycles. The van der Waals surface area contributed by atoms with Crippen LogP contribution in [0.4, 0.5) is 4.39 Å². The van der Waals surface area contributed by atoms with Crippen LogP contribution >= 0.6 is 0 Å². The zero-order valence-electron chi connectivity index (χ0n) is 9.09. The molecule has 1 aromatic rings. The highest BCUT2D eigenvalue weighted by atomic mass is 19.1. The van der Waals surface area contributed by atoms with Crippen LogP contribution in [-0.2, 0) is 16.6 Å². The summed E-state index contributed by atoms with van der Waals surface area (Å²) in [5.74, 6) is 0.0564. The summed E-state index contributed by atoms with van der Waals surface area (Å²) in [6.45, 7) is 4.10. The highest BCUT2D eigenvalue weighted by Gasteiger charge is 2.41. The summed E-state index contributed by atoms with van der Waals surface area (Å²) >= 11 is 0. The minimum atomic E-state index is -0.386. The van der Waals surface area contributed by atoms with E-state index in [4.69, 9.17) is 0 Å². The molecule has 1 aliphatic carbocycles. The Bertz CT molecular complexity index is 398. The standard InChI is InChI=1S/C13H15FO/c1-9(2)13(8-15)6-5-10-7-11(14)3-4-12(10)13/h3-4,7-9H,5-6H2,1-2H3. The van der Waals surface area contributed by atoms with Crippen molar-refractivity contribution in [1.29, 1.82) is 0 Å². The molecule has 0 saturated heterocycles. The number of hydrogen-bond acceptors (Lipinski definition) is 1. The molecule has 2 rings (SSSR count). The topological polar surface area (TPSA) is 17.1 Å². The quantitative estimate of drug-likeness (QED) is 0.680. The van der Waals surface area contributed by atoms with E-state index in [1.807, 2.05) is 13.8 Å².